The Morgan fingerprint density at radius 2 is 2.14 bits per heavy atom. The van der Waals surface area contributed by atoms with Crippen LogP contribution in [-0.4, -0.2) is 22.6 Å². The lowest BCUT2D eigenvalue weighted by Gasteiger charge is -2.30. The number of rotatable bonds is 3. The van der Waals surface area contributed by atoms with Crippen LogP contribution in [0.3, 0.4) is 0 Å². The van der Waals surface area contributed by atoms with Crippen molar-refractivity contribution in [2.75, 3.05) is 11.9 Å². The number of nitrogens with two attached hydrogens (primary N) is 1. The third kappa shape index (κ3) is 2.96. The van der Waals surface area contributed by atoms with Gasteiger partial charge in [-0.05, 0) is 5.41 Å². The molecule has 0 bridgehead atoms. The summed E-state index contributed by atoms with van der Waals surface area (Å²) in [4.78, 5) is 8.14. The van der Waals surface area contributed by atoms with Gasteiger partial charge in [-0.2, -0.15) is 0 Å². The van der Waals surface area contributed by atoms with Gasteiger partial charge in [-0.25, -0.2) is 4.98 Å². The van der Waals surface area contributed by atoms with Crippen LogP contribution >= 0.6 is 0 Å². The molecule has 0 amide bonds. The van der Waals surface area contributed by atoms with Gasteiger partial charge in [0.1, 0.15) is 5.82 Å². The Hall–Kier alpha value is -1.16. The second-order valence-electron chi connectivity index (χ2n) is 4.39. The number of nitrogens with zero attached hydrogens (tertiary/aromatic N) is 2. The van der Waals surface area contributed by atoms with Crippen molar-refractivity contribution in [3.63, 3.8) is 0 Å². The molecule has 1 rings (SSSR count). The molecule has 4 heteroatoms. The van der Waals surface area contributed by atoms with E-state index in [1.807, 2.05) is 0 Å². The van der Waals surface area contributed by atoms with Crippen LogP contribution in [0.4, 0.5) is 5.82 Å². The Kier molecular flexibility index (Phi) is 3.41. The molecule has 0 fully saturated rings. The molecule has 0 saturated heterocycles. The molecule has 1 unspecified atom stereocenters. The average molecular weight is 194 g/mol. The van der Waals surface area contributed by atoms with E-state index in [2.05, 4.69) is 36.1 Å². The van der Waals surface area contributed by atoms with E-state index in [9.17, 15) is 0 Å². The first-order valence-electron chi connectivity index (χ1n) is 4.76. The van der Waals surface area contributed by atoms with Gasteiger partial charge in [0.15, 0.2) is 0 Å². The van der Waals surface area contributed by atoms with Gasteiger partial charge in [0.2, 0.25) is 0 Å². The summed E-state index contributed by atoms with van der Waals surface area (Å²) in [6, 6.07) is 0.208. The quantitative estimate of drug-likeness (QED) is 0.760. The molecule has 3 N–H and O–H groups in total. The van der Waals surface area contributed by atoms with Crippen molar-refractivity contribution in [3.8, 4) is 0 Å². The van der Waals surface area contributed by atoms with Crippen LogP contribution in [0.5, 0.6) is 0 Å². The maximum atomic E-state index is 5.70. The third-order valence-corrected chi connectivity index (χ3v) is 2.17. The van der Waals surface area contributed by atoms with Crippen LogP contribution in [0.2, 0.25) is 0 Å². The molecule has 1 heterocycles. The van der Waals surface area contributed by atoms with Crippen molar-refractivity contribution in [2.24, 2.45) is 11.1 Å². The van der Waals surface area contributed by atoms with Gasteiger partial charge in [0, 0.05) is 25.0 Å². The fraction of sp³-hybridized carbons (Fsp3) is 0.600. The lowest BCUT2D eigenvalue weighted by molar-refractivity contribution is 0.345. The van der Waals surface area contributed by atoms with Crippen molar-refractivity contribution in [1.82, 2.24) is 9.97 Å². The highest BCUT2D eigenvalue weighted by molar-refractivity contribution is 5.32. The Bertz CT molecular complexity index is 265. The molecule has 1 aromatic heterocycles. The van der Waals surface area contributed by atoms with Gasteiger partial charge >= 0.3 is 0 Å². The number of hydrogen-bond donors (Lipinski definition) is 2. The van der Waals surface area contributed by atoms with E-state index in [0.29, 0.717) is 6.54 Å². The van der Waals surface area contributed by atoms with E-state index >= 15 is 0 Å². The molecule has 0 aliphatic heterocycles. The van der Waals surface area contributed by atoms with Gasteiger partial charge in [0.05, 0.1) is 6.20 Å². The Morgan fingerprint density at radius 3 is 2.57 bits per heavy atom. The lowest BCUT2D eigenvalue weighted by atomic mass is 9.87. The summed E-state index contributed by atoms with van der Waals surface area (Å²) in [5.41, 5.74) is 5.81. The Balaban J connectivity index is 2.67. The highest BCUT2D eigenvalue weighted by Gasteiger charge is 2.23. The molecule has 14 heavy (non-hydrogen) atoms. The fourth-order valence-corrected chi connectivity index (χ4v) is 1.18. The van der Waals surface area contributed by atoms with Gasteiger partial charge in [-0.15, -0.1) is 0 Å². The van der Waals surface area contributed by atoms with Crippen molar-refractivity contribution >= 4 is 5.82 Å². The van der Waals surface area contributed by atoms with Crippen LogP contribution in [-0.2, 0) is 0 Å². The standard InChI is InChI=1S/C10H18N4/c1-10(2,3)8(6-11)14-9-7-12-4-5-13-9/h4-5,7-8H,6,11H2,1-3H3,(H,13,14). The molecular formula is C10H18N4. The van der Waals surface area contributed by atoms with Crippen LogP contribution in [0.1, 0.15) is 20.8 Å². The van der Waals surface area contributed by atoms with E-state index in [1.54, 1.807) is 18.6 Å². The zero-order valence-corrected chi connectivity index (χ0v) is 8.99. The van der Waals surface area contributed by atoms with E-state index in [1.165, 1.54) is 0 Å². The Morgan fingerprint density at radius 1 is 1.43 bits per heavy atom. The minimum absolute atomic E-state index is 0.117. The van der Waals surface area contributed by atoms with Crippen LogP contribution in [0.25, 0.3) is 0 Å². The summed E-state index contributed by atoms with van der Waals surface area (Å²) in [6.07, 6.45) is 5.02. The highest BCUT2D eigenvalue weighted by atomic mass is 15.0. The van der Waals surface area contributed by atoms with Crippen molar-refractivity contribution < 1.29 is 0 Å². The SMILES string of the molecule is CC(C)(C)C(CN)Nc1cnccn1. The van der Waals surface area contributed by atoms with Crippen molar-refractivity contribution in [1.29, 1.82) is 0 Å². The summed E-state index contributed by atoms with van der Waals surface area (Å²) < 4.78 is 0. The number of nitrogens with one attached hydrogen (secondary N) is 1. The fourth-order valence-electron chi connectivity index (χ4n) is 1.18. The van der Waals surface area contributed by atoms with E-state index in [-0.39, 0.29) is 11.5 Å². The number of hydrogen-bond acceptors (Lipinski definition) is 4. The molecule has 1 atom stereocenters. The molecule has 4 nitrogen and oxygen atoms in total. The van der Waals surface area contributed by atoms with E-state index < -0.39 is 0 Å². The molecule has 0 aliphatic carbocycles. The topological polar surface area (TPSA) is 63.8 Å². The summed E-state index contributed by atoms with van der Waals surface area (Å²) in [5, 5.41) is 3.27. The largest absolute Gasteiger partial charge is 0.364 e. The molecule has 0 aliphatic rings. The molecule has 78 valence electrons. The first-order valence-corrected chi connectivity index (χ1v) is 4.76. The number of anilines is 1. The third-order valence-electron chi connectivity index (χ3n) is 2.17. The summed E-state index contributed by atoms with van der Waals surface area (Å²) in [5.74, 6) is 0.776. The first-order chi connectivity index (χ1) is 6.54. The molecule has 0 saturated carbocycles. The average Bonchev–Trinajstić information content (AvgIpc) is 2.14. The summed E-state index contributed by atoms with van der Waals surface area (Å²) in [7, 11) is 0. The van der Waals surface area contributed by atoms with Gasteiger partial charge < -0.3 is 11.1 Å². The van der Waals surface area contributed by atoms with E-state index in [4.69, 9.17) is 5.73 Å². The maximum Gasteiger partial charge on any atom is 0.144 e. The predicted molar refractivity (Wildman–Crippen MR) is 58.0 cm³/mol. The minimum Gasteiger partial charge on any atom is -0.364 e. The highest BCUT2D eigenvalue weighted by Crippen LogP contribution is 2.21. The van der Waals surface area contributed by atoms with Crippen molar-refractivity contribution in [2.45, 2.75) is 26.8 Å². The molecule has 0 radical (unpaired) electrons. The monoisotopic (exact) mass is 194 g/mol. The predicted octanol–water partition coefficient (Wildman–Crippen LogP) is 1.26. The maximum absolute atomic E-state index is 5.70. The number of aromatic nitrogens is 2. The second-order valence-corrected chi connectivity index (χ2v) is 4.39. The molecule has 1 aromatic rings. The normalized spacial score (nSPS) is 13.7. The molecular weight excluding hydrogens is 176 g/mol. The summed E-state index contributed by atoms with van der Waals surface area (Å²) >= 11 is 0. The van der Waals surface area contributed by atoms with Crippen molar-refractivity contribution in [3.05, 3.63) is 18.6 Å². The van der Waals surface area contributed by atoms with Crippen LogP contribution in [0.15, 0.2) is 18.6 Å². The smallest absolute Gasteiger partial charge is 0.144 e. The van der Waals surface area contributed by atoms with Gasteiger partial charge in [-0.3, -0.25) is 4.98 Å². The summed E-state index contributed by atoms with van der Waals surface area (Å²) in [6.45, 7) is 7.02. The lowest BCUT2D eigenvalue weighted by Crippen LogP contribution is -2.40. The minimum atomic E-state index is 0.117. The van der Waals surface area contributed by atoms with Gasteiger partial charge in [0.25, 0.3) is 0 Å². The second kappa shape index (κ2) is 4.37. The van der Waals surface area contributed by atoms with E-state index in [0.717, 1.165) is 5.82 Å². The van der Waals surface area contributed by atoms with Gasteiger partial charge in [-0.1, -0.05) is 20.8 Å². The molecule has 0 spiro atoms. The first kappa shape index (κ1) is 10.9. The zero-order valence-electron chi connectivity index (χ0n) is 8.99. The van der Waals surface area contributed by atoms with Crippen LogP contribution in [0, 0.1) is 5.41 Å². The molecule has 0 aromatic carbocycles. The van der Waals surface area contributed by atoms with Crippen LogP contribution < -0.4 is 11.1 Å². The zero-order chi connectivity index (χ0) is 10.6. The Labute approximate surface area is 85.0 Å².